The molecule has 1 aliphatic heterocycles. The van der Waals surface area contributed by atoms with Gasteiger partial charge < -0.3 is 14.8 Å². The Balaban J connectivity index is 2.34. The van der Waals surface area contributed by atoms with Gasteiger partial charge in [-0.1, -0.05) is 0 Å². The third kappa shape index (κ3) is 4.78. The Morgan fingerprint density at radius 2 is 2.19 bits per heavy atom. The molecule has 2 atom stereocenters. The average molecular weight is 230 g/mol. The van der Waals surface area contributed by atoms with Gasteiger partial charge in [0.2, 0.25) is 0 Å². The highest BCUT2D eigenvalue weighted by Gasteiger charge is 2.20. The van der Waals surface area contributed by atoms with E-state index in [9.17, 15) is 0 Å². The second-order valence-electron chi connectivity index (χ2n) is 4.59. The van der Waals surface area contributed by atoms with Gasteiger partial charge in [-0.3, -0.25) is 4.90 Å². The number of ether oxygens (including phenoxy) is 2. The summed E-state index contributed by atoms with van der Waals surface area (Å²) in [7, 11) is 3.52. The van der Waals surface area contributed by atoms with Crippen molar-refractivity contribution in [3.05, 3.63) is 0 Å². The van der Waals surface area contributed by atoms with Crippen LogP contribution in [0.1, 0.15) is 19.8 Å². The van der Waals surface area contributed by atoms with E-state index in [0.717, 1.165) is 26.3 Å². The van der Waals surface area contributed by atoms with Crippen LogP contribution in [-0.4, -0.2) is 64.1 Å². The van der Waals surface area contributed by atoms with Crippen LogP contribution in [0.5, 0.6) is 0 Å². The molecule has 96 valence electrons. The molecule has 1 heterocycles. The largest absolute Gasteiger partial charge is 0.383 e. The second-order valence-corrected chi connectivity index (χ2v) is 4.59. The van der Waals surface area contributed by atoms with E-state index in [0.29, 0.717) is 12.1 Å². The van der Waals surface area contributed by atoms with E-state index in [1.807, 2.05) is 0 Å². The normalized spacial score (nSPS) is 22.9. The number of nitrogens with one attached hydrogen (secondary N) is 1. The van der Waals surface area contributed by atoms with Crippen LogP contribution >= 0.6 is 0 Å². The summed E-state index contributed by atoms with van der Waals surface area (Å²) in [6.45, 7) is 7.06. The van der Waals surface area contributed by atoms with Crippen LogP contribution in [-0.2, 0) is 9.47 Å². The number of hydrogen-bond donors (Lipinski definition) is 1. The molecule has 0 aromatic carbocycles. The molecule has 0 saturated carbocycles. The van der Waals surface area contributed by atoms with Gasteiger partial charge in [0.25, 0.3) is 0 Å². The highest BCUT2D eigenvalue weighted by molar-refractivity contribution is 4.80. The maximum atomic E-state index is 5.23. The van der Waals surface area contributed by atoms with Gasteiger partial charge in [-0.2, -0.15) is 0 Å². The Bertz CT molecular complexity index is 172. The van der Waals surface area contributed by atoms with E-state index in [1.54, 1.807) is 14.2 Å². The lowest BCUT2D eigenvalue weighted by molar-refractivity contribution is 0.0701. The first kappa shape index (κ1) is 13.9. The molecule has 4 heteroatoms. The van der Waals surface area contributed by atoms with E-state index in [4.69, 9.17) is 9.47 Å². The maximum absolute atomic E-state index is 5.23. The van der Waals surface area contributed by atoms with E-state index < -0.39 is 0 Å². The topological polar surface area (TPSA) is 33.7 Å². The van der Waals surface area contributed by atoms with E-state index in [2.05, 4.69) is 17.1 Å². The quantitative estimate of drug-likeness (QED) is 0.666. The fourth-order valence-corrected chi connectivity index (χ4v) is 2.24. The van der Waals surface area contributed by atoms with Crippen LogP contribution in [0.3, 0.4) is 0 Å². The van der Waals surface area contributed by atoms with Crippen molar-refractivity contribution in [1.82, 2.24) is 10.2 Å². The summed E-state index contributed by atoms with van der Waals surface area (Å²) in [6.07, 6.45) is 2.60. The van der Waals surface area contributed by atoms with Crippen molar-refractivity contribution >= 4 is 0 Å². The van der Waals surface area contributed by atoms with Gasteiger partial charge in [0, 0.05) is 39.4 Å². The molecule has 0 amide bonds. The minimum atomic E-state index is 0.461. The van der Waals surface area contributed by atoms with Crippen LogP contribution in [0.4, 0.5) is 0 Å². The highest BCUT2D eigenvalue weighted by atomic mass is 16.5. The molecule has 0 aliphatic carbocycles. The lowest BCUT2D eigenvalue weighted by Gasteiger charge is -2.30. The number of nitrogens with zero attached hydrogens (tertiary/aromatic N) is 1. The molecular formula is C12H26N2O2. The van der Waals surface area contributed by atoms with E-state index >= 15 is 0 Å². The first-order valence-corrected chi connectivity index (χ1v) is 6.23. The zero-order chi connectivity index (χ0) is 11.8. The smallest absolute Gasteiger partial charge is 0.0615 e. The fraction of sp³-hybridized carbons (Fsp3) is 1.00. The first-order valence-electron chi connectivity index (χ1n) is 6.23. The van der Waals surface area contributed by atoms with E-state index in [1.165, 1.54) is 19.4 Å². The third-order valence-electron chi connectivity index (χ3n) is 3.23. The standard InChI is InChI=1S/C12H26N2O2/c1-11(10-16-3)14(7-8-15-2)9-12-5-4-6-13-12/h11-13H,4-10H2,1-3H3. The molecule has 0 spiro atoms. The Kier molecular flexibility index (Phi) is 6.96. The van der Waals surface area contributed by atoms with Crippen molar-refractivity contribution in [3.63, 3.8) is 0 Å². The van der Waals surface area contributed by atoms with Gasteiger partial charge in [0.15, 0.2) is 0 Å². The molecule has 0 radical (unpaired) electrons. The summed E-state index contributed by atoms with van der Waals surface area (Å²) >= 11 is 0. The molecule has 4 nitrogen and oxygen atoms in total. The number of rotatable bonds is 8. The maximum Gasteiger partial charge on any atom is 0.0615 e. The number of hydrogen-bond acceptors (Lipinski definition) is 4. The Morgan fingerprint density at radius 1 is 1.38 bits per heavy atom. The average Bonchev–Trinajstić information content (AvgIpc) is 2.77. The summed E-state index contributed by atoms with van der Waals surface area (Å²) in [4.78, 5) is 2.45. The van der Waals surface area contributed by atoms with Crippen LogP contribution in [0.15, 0.2) is 0 Å². The summed E-state index contributed by atoms with van der Waals surface area (Å²) in [5.41, 5.74) is 0. The minimum absolute atomic E-state index is 0.461. The monoisotopic (exact) mass is 230 g/mol. The summed E-state index contributed by atoms with van der Waals surface area (Å²) in [5, 5.41) is 3.54. The minimum Gasteiger partial charge on any atom is -0.383 e. The molecule has 1 aliphatic rings. The van der Waals surface area contributed by atoms with Crippen molar-refractivity contribution in [2.75, 3.05) is 47.1 Å². The van der Waals surface area contributed by atoms with Gasteiger partial charge in [-0.15, -0.1) is 0 Å². The molecule has 2 unspecified atom stereocenters. The molecule has 1 rings (SSSR count). The predicted molar refractivity (Wildman–Crippen MR) is 65.8 cm³/mol. The third-order valence-corrected chi connectivity index (χ3v) is 3.23. The zero-order valence-corrected chi connectivity index (χ0v) is 10.9. The van der Waals surface area contributed by atoms with Gasteiger partial charge in [0.05, 0.1) is 13.2 Å². The van der Waals surface area contributed by atoms with Crippen molar-refractivity contribution in [3.8, 4) is 0 Å². The Morgan fingerprint density at radius 3 is 2.75 bits per heavy atom. The number of methoxy groups -OCH3 is 2. The van der Waals surface area contributed by atoms with Crippen molar-refractivity contribution in [2.24, 2.45) is 0 Å². The Labute approximate surface area is 99.3 Å². The lowest BCUT2D eigenvalue weighted by Crippen LogP contribution is -2.45. The van der Waals surface area contributed by atoms with Crippen molar-refractivity contribution < 1.29 is 9.47 Å². The predicted octanol–water partition coefficient (Wildman–Crippen LogP) is 0.722. The lowest BCUT2D eigenvalue weighted by atomic mass is 10.2. The zero-order valence-electron chi connectivity index (χ0n) is 10.9. The molecule has 16 heavy (non-hydrogen) atoms. The van der Waals surface area contributed by atoms with Gasteiger partial charge in [-0.05, 0) is 26.3 Å². The van der Waals surface area contributed by atoms with Crippen LogP contribution < -0.4 is 5.32 Å². The molecule has 1 N–H and O–H groups in total. The van der Waals surface area contributed by atoms with Crippen molar-refractivity contribution in [2.45, 2.75) is 31.8 Å². The van der Waals surface area contributed by atoms with Crippen LogP contribution in [0, 0.1) is 0 Å². The molecule has 0 aromatic rings. The molecule has 0 aromatic heterocycles. The first-order chi connectivity index (χ1) is 7.77. The van der Waals surface area contributed by atoms with Crippen LogP contribution in [0.2, 0.25) is 0 Å². The summed E-state index contributed by atoms with van der Waals surface area (Å²) in [6, 6.07) is 1.11. The fourth-order valence-electron chi connectivity index (χ4n) is 2.24. The van der Waals surface area contributed by atoms with Gasteiger partial charge in [-0.25, -0.2) is 0 Å². The van der Waals surface area contributed by atoms with Gasteiger partial charge in [0.1, 0.15) is 0 Å². The molecule has 1 saturated heterocycles. The molecule has 1 fully saturated rings. The molecular weight excluding hydrogens is 204 g/mol. The molecule has 0 bridgehead atoms. The SMILES string of the molecule is COCCN(CC1CCCN1)C(C)COC. The van der Waals surface area contributed by atoms with Gasteiger partial charge >= 0.3 is 0 Å². The summed E-state index contributed by atoms with van der Waals surface area (Å²) < 4.78 is 10.4. The Hall–Kier alpha value is -0.160. The van der Waals surface area contributed by atoms with E-state index in [-0.39, 0.29) is 0 Å². The summed E-state index contributed by atoms with van der Waals surface area (Å²) in [5.74, 6) is 0. The van der Waals surface area contributed by atoms with Crippen molar-refractivity contribution in [1.29, 1.82) is 0 Å². The van der Waals surface area contributed by atoms with Crippen LogP contribution in [0.25, 0.3) is 0 Å². The second kappa shape index (κ2) is 8.01. The highest BCUT2D eigenvalue weighted by Crippen LogP contribution is 2.09.